The van der Waals surface area contributed by atoms with E-state index in [1.54, 1.807) is 0 Å². The van der Waals surface area contributed by atoms with E-state index in [1.165, 1.54) is 18.2 Å². The van der Waals surface area contributed by atoms with Gasteiger partial charge in [0.1, 0.15) is 5.82 Å². The second-order valence-corrected chi connectivity index (χ2v) is 5.47. The van der Waals surface area contributed by atoms with E-state index in [9.17, 15) is 9.18 Å². The molecule has 1 fully saturated rings. The Morgan fingerprint density at radius 1 is 1.55 bits per heavy atom. The molecular weight excluding hydrogens is 281 g/mol. The largest absolute Gasteiger partial charge is 0.322 e. The monoisotopic (exact) mass is 299 g/mol. The smallest absolute Gasteiger partial charge is 0.238 e. The van der Waals surface area contributed by atoms with Gasteiger partial charge >= 0.3 is 0 Å². The van der Waals surface area contributed by atoms with Crippen molar-refractivity contribution in [1.82, 2.24) is 10.2 Å². The first-order valence-corrected chi connectivity index (χ1v) is 7.11. The van der Waals surface area contributed by atoms with Crippen molar-refractivity contribution in [2.75, 3.05) is 32.0 Å². The molecule has 2 rings (SSSR count). The molecule has 0 aliphatic carbocycles. The van der Waals surface area contributed by atoms with Crippen molar-refractivity contribution in [1.29, 1.82) is 0 Å². The minimum Gasteiger partial charge on any atom is -0.322 e. The van der Waals surface area contributed by atoms with E-state index >= 15 is 0 Å². The summed E-state index contributed by atoms with van der Waals surface area (Å²) in [7, 11) is 1.93. The highest BCUT2D eigenvalue weighted by Gasteiger charge is 2.20. The van der Waals surface area contributed by atoms with Gasteiger partial charge < -0.3 is 10.6 Å². The number of carbonyl (C=O) groups is 1. The highest BCUT2D eigenvalue weighted by molar-refractivity contribution is 6.30. The molecule has 110 valence electrons. The average molecular weight is 300 g/mol. The first kappa shape index (κ1) is 15.2. The van der Waals surface area contributed by atoms with Gasteiger partial charge in [-0.15, -0.1) is 0 Å². The zero-order valence-electron chi connectivity index (χ0n) is 11.5. The zero-order valence-corrected chi connectivity index (χ0v) is 12.2. The first-order chi connectivity index (χ1) is 9.58. The van der Waals surface area contributed by atoms with Crippen LogP contribution in [0.4, 0.5) is 10.1 Å². The van der Waals surface area contributed by atoms with Crippen LogP contribution in [-0.2, 0) is 4.79 Å². The maximum absolute atomic E-state index is 13.5. The van der Waals surface area contributed by atoms with E-state index in [2.05, 4.69) is 15.5 Å². The molecule has 20 heavy (non-hydrogen) atoms. The summed E-state index contributed by atoms with van der Waals surface area (Å²) in [6.07, 6.45) is 2.18. The maximum Gasteiger partial charge on any atom is 0.238 e. The molecule has 1 heterocycles. The third kappa shape index (κ3) is 4.16. The van der Waals surface area contributed by atoms with Gasteiger partial charge in [0.25, 0.3) is 0 Å². The first-order valence-electron chi connectivity index (χ1n) is 6.73. The van der Waals surface area contributed by atoms with Gasteiger partial charge in [0, 0.05) is 17.6 Å². The van der Waals surface area contributed by atoms with Gasteiger partial charge in [0.05, 0.1) is 12.2 Å². The molecular formula is C14H19ClFN3O. The number of nitrogens with one attached hydrogen (secondary N) is 2. The third-order valence-electron chi connectivity index (χ3n) is 3.48. The summed E-state index contributed by atoms with van der Waals surface area (Å²) >= 11 is 5.79. The van der Waals surface area contributed by atoms with Crippen molar-refractivity contribution < 1.29 is 9.18 Å². The lowest BCUT2D eigenvalue weighted by atomic mass is 10.1. The molecule has 1 aliphatic rings. The Balaban J connectivity index is 1.90. The Kier molecular flexibility index (Phi) is 5.34. The second kappa shape index (κ2) is 7.02. The van der Waals surface area contributed by atoms with Crippen LogP contribution in [0.3, 0.4) is 0 Å². The number of hydrogen-bond donors (Lipinski definition) is 2. The summed E-state index contributed by atoms with van der Waals surface area (Å²) in [4.78, 5) is 14.0. The number of anilines is 1. The summed E-state index contributed by atoms with van der Waals surface area (Å²) in [5.74, 6) is -0.697. The number of rotatable bonds is 4. The molecule has 0 spiro atoms. The van der Waals surface area contributed by atoms with Gasteiger partial charge in [0.2, 0.25) is 5.91 Å². The predicted octanol–water partition coefficient (Wildman–Crippen LogP) is 2.10. The molecule has 1 unspecified atom stereocenters. The van der Waals surface area contributed by atoms with Crippen LogP contribution in [-0.4, -0.2) is 43.5 Å². The van der Waals surface area contributed by atoms with Crippen molar-refractivity contribution in [3.05, 3.63) is 29.0 Å². The Hall–Kier alpha value is -1.17. The number of hydrogen-bond acceptors (Lipinski definition) is 3. The average Bonchev–Trinajstić information content (AvgIpc) is 2.43. The topological polar surface area (TPSA) is 44.4 Å². The van der Waals surface area contributed by atoms with Crippen molar-refractivity contribution in [2.45, 2.75) is 18.9 Å². The molecule has 1 saturated heterocycles. The van der Waals surface area contributed by atoms with Crippen LogP contribution < -0.4 is 10.6 Å². The van der Waals surface area contributed by atoms with Gasteiger partial charge in [-0.25, -0.2) is 4.39 Å². The predicted molar refractivity (Wildman–Crippen MR) is 78.6 cm³/mol. The summed E-state index contributed by atoms with van der Waals surface area (Å²) in [5.41, 5.74) is 0.129. The molecule has 1 atom stereocenters. The Morgan fingerprint density at radius 3 is 3.10 bits per heavy atom. The summed E-state index contributed by atoms with van der Waals surface area (Å²) in [5, 5.41) is 6.19. The van der Waals surface area contributed by atoms with Crippen molar-refractivity contribution >= 4 is 23.2 Å². The molecule has 2 N–H and O–H groups in total. The van der Waals surface area contributed by atoms with Crippen molar-refractivity contribution in [2.24, 2.45) is 0 Å². The molecule has 0 radical (unpaired) electrons. The minimum atomic E-state index is -0.477. The fourth-order valence-corrected chi connectivity index (χ4v) is 2.59. The minimum absolute atomic E-state index is 0.129. The van der Waals surface area contributed by atoms with E-state index in [1.807, 2.05) is 7.05 Å². The van der Waals surface area contributed by atoms with Gasteiger partial charge in [0.15, 0.2) is 0 Å². The number of piperidine rings is 1. The summed E-state index contributed by atoms with van der Waals surface area (Å²) < 4.78 is 13.5. The number of benzene rings is 1. The Labute approximate surface area is 123 Å². The molecule has 1 aliphatic heterocycles. The Morgan fingerprint density at radius 2 is 2.35 bits per heavy atom. The Bertz CT molecular complexity index is 483. The van der Waals surface area contributed by atoms with Crippen LogP contribution >= 0.6 is 11.6 Å². The molecule has 4 nitrogen and oxygen atoms in total. The zero-order chi connectivity index (χ0) is 14.5. The molecule has 1 amide bonds. The highest BCUT2D eigenvalue weighted by atomic mass is 35.5. The van der Waals surface area contributed by atoms with Crippen LogP contribution in [0, 0.1) is 5.82 Å². The number of halogens is 2. The van der Waals surface area contributed by atoms with Gasteiger partial charge in [-0.05, 0) is 44.6 Å². The van der Waals surface area contributed by atoms with E-state index in [4.69, 9.17) is 11.6 Å². The lowest BCUT2D eigenvalue weighted by molar-refractivity contribution is -0.117. The van der Waals surface area contributed by atoms with Crippen molar-refractivity contribution in [3.63, 3.8) is 0 Å². The van der Waals surface area contributed by atoms with Crippen LogP contribution in [0.1, 0.15) is 12.8 Å². The van der Waals surface area contributed by atoms with Crippen molar-refractivity contribution in [3.8, 4) is 0 Å². The van der Waals surface area contributed by atoms with Crippen LogP contribution in [0.25, 0.3) is 0 Å². The van der Waals surface area contributed by atoms with Gasteiger partial charge in [-0.3, -0.25) is 9.69 Å². The van der Waals surface area contributed by atoms with E-state index < -0.39 is 5.82 Å². The van der Waals surface area contributed by atoms with E-state index in [0.29, 0.717) is 11.1 Å². The van der Waals surface area contributed by atoms with Crippen LogP contribution in [0.15, 0.2) is 18.2 Å². The lowest BCUT2D eigenvalue weighted by Gasteiger charge is -2.31. The van der Waals surface area contributed by atoms with E-state index in [0.717, 1.165) is 25.9 Å². The number of likely N-dealkylation sites (tertiary alicyclic amines) is 1. The highest BCUT2D eigenvalue weighted by Crippen LogP contribution is 2.19. The molecule has 0 aromatic heterocycles. The van der Waals surface area contributed by atoms with Crippen LogP contribution in [0.5, 0.6) is 0 Å². The second-order valence-electron chi connectivity index (χ2n) is 5.04. The molecule has 0 saturated carbocycles. The molecule has 6 heteroatoms. The number of nitrogens with zero attached hydrogens (tertiary/aromatic N) is 1. The van der Waals surface area contributed by atoms with E-state index in [-0.39, 0.29) is 18.1 Å². The number of likely N-dealkylation sites (N-methyl/N-ethyl adjacent to an activating group) is 1. The fraction of sp³-hybridized carbons (Fsp3) is 0.500. The fourth-order valence-electron chi connectivity index (χ4n) is 2.42. The molecule has 0 bridgehead atoms. The maximum atomic E-state index is 13.5. The lowest BCUT2D eigenvalue weighted by Crippen LogP contribution is -2.46. The number of amides is 1. The summed E-state index contributed by atoms with van der Waals surface area (Å²) in [6.45, 7) is 2.00. The quantitative estimate of drug-likeness (QED) is 0.895. The summed E-state index contributed by atoms with van der Waals surface area (Å²) in [6, 6.07) is 4.53. The number of carbonyl (C=O) groups excluding carboxylic acids is 1. The van der Waals surface area contributed by atoms with Crippen LogP contribution in [0.2, 0.25) is 5.02 Å². The normalized spacial score (nSPS) is 19.9. The standard InChI is InChI=1S/C14H19ClFN3O/c1-17-11-3-2-6-19(8-11)9-14(20)18-13-7-10(15)4-5-12(13)16/h4-5,7,11,17H,2-3,6,8-9H2,1H3,(H,18,20). The van der Waals surface area contributed by atoms with Gasteiger partial charge in [-0.1, -0.05) is 11.6 Å². The van der Waals surface area contributed by atoms with Gasteiger partial charge in [-0.2, -0.15) is 0 Å². The molecule has 1 aromatic rings. The third-order valence-corrected chi connectivity index (χ3v) is 3.72. The molecule has 1 aromatic carbocycles. The SMILES string of the molecule is CNC1CCCN(CC(=O)Nc2cc(Cl)ccc2F)C1.